The van der Waals surface area contributed by atoms with Crippen molar-refractivity contribution in [3.63, 3.8) is 0 Å². The van der Waals surface area contributed by atoms with Crippen LogP contribution in [-0.4, -0.2) is 11.2 Å². The molecule has 0 bridgehead atoms. The van der Waals surface area contributed by atoms with Crippen molar-refractivity contribution in [3.8, 4) is 6.07 Å². The Hall–Kier alpha value is -2.61. The molecular weight excluding hydrogens is 312 g/mol. The SMILES string of the molecule is CCC(CC)c1nc(C#N)c(NN=Cc2ccc(C(C)(C)C)cc2)o1. The van der Waals surface area contributed by atoms with Gasteiger partial charge in [0, 0.05) is 5.92 Å². The van der Waals surface area contributed by atoms with Crippen LogP contribution in [0.15, 0.2) is 33.8 Å². The average Bonchev–Trinajstić information content (AvgIpc) is 2.99. The van der Waals surface area contributed by atoms with Gasteiger partial charge in [-0.15, -0.1) is 0 Å². The summed E-state index contributed by atoms with van der Waals surface area (Å²) in [5.41, 5.74) is 5.41. The molecule has 0 saturated heterocycles. The smallest absolute Gasteiger partial charge is 0.252 e. The lowest BCUT2D eigenvalue weighted by Crippen LogP contribution is -2.10. The van der Waals surface area contributed by atoms with E-state index in [1.807, 2.05) is 12.1 Å². The minimum Gasteiger partial charge on any atom is -0.422 e. The fourth-order valence-corrected chi connectivity index (χ4v) is 2.54. The van der Waals surface area contributed by atoms with Gasteiger partial charge in [0.1, 0.15) is 6.07 Å². The minimum absolute atomic E-state index is 0.126. The maximum Gasteiger partial charge on any atom is 0.252 e. The molecule has 0 amide bonds. The van der Waals surface area contributed by atoms with Crippen LogP contribution < -0.4 is 5.43 Å². The van der Waals surface area contributed by atoms with E-state index < -0.39 is 0 Å². The van der Waals surface area contributed by atoms with E-state index in [2.05, 4.69) is 68.3 Å². The molecule has 0 aliphatic carbocycles. The first kappa shape index (κ1) is 18.7. The van der Waals surface area contributed by atoms with Gasteiger partial charge >= 0.3 is 0 Å². The molecule has 2 rings (SSSR count). The van der Waals surface area contributed by atoms with Crippen LogP contribution in [0, 0.1) is 11.3 Å². The molecule has 132 valence electrons. The zero-order valence-corrected chi connectivity index (χ0v) is 15.6. The quantitative estimate of drug-likeness (QED) is 0.581. The molecule has 1 aromatic carbocycles. The second-order valence-electron chi connectivity index (χ2n) is 7.10. The summed E-state index contributed by atoms with van der Waals surface area (Å²) in [5.74, 6) is 1.11. The summed E-state index contributed by atoms with van der Waals surface area (Å²) in [6, 6.07) is 10.3. The Morgan fingerprint density at radius 2 is 1.88 bits per heavy atom. The van der Waals surface area contributed by atoms with Crippen LogP contribution in [0.5, 0.6) is 0 Å². The first-order chi connectivity index (χ1) is 11.9. The highest BCUT2D eigenvalue weighted by molar-refractivity contribution is 5.80. The molecule has 5 heteroatoms. The van der Waals surface area contributed by atoms with E-state index in [4.69, 9.17) is 4.42 Å². The largest absolute Gasteiger partial charge is 0.422 e. The summed E-state index contributed by atoms with van der Waals surface area (Å²) in [5, 5.41) is 13.4. The zero-order valence-electron chi connectivity index (χ0n) is 15.6. The molecule has 0 radical (unpaired) electrons. The van der Waals surface area contributed by atoms with Gasteiger partial charge in [-0.25, -0.2) is 10.4 Å². The van der Waals surface area contributed by atoms with Crippen LogP contribution >= 0.6 is 0 Å². The number of oxazole rings is 1. The van der Waals surface area contributed by atoms with Crippen LogP contribution in [0.2, 0.25) is 0 Å². The molecule has 0 spiro atoms. The Kier molecular flexibility index (Phi) is 5.97. The van der Waals surface area contributed by atoms with E-state index in [9.17, 15) is 5.26 Å². The number of aromatic nitrogens is 1. The van der Waals surface area contributed by atoms with Crippen LogP contribution in [0.4, 0.5) is 5.88 Å². The highest BCUT2D eigenvalue weighted by Gasteiger charge is 2.18. The van der Waals surface area contributed by atoms with Gasteiger partial charge in [-0.3, -0.25) is 0 Å². The van der Waals surface area contributed by atoms with Gasteiger partial charge in [-0.05, 0) is 29.4 Å². The van der Waals surface area contributed by atoms with E-state index in [-0.39, 0.29) is 17.0 Å². The standard InChI is InChI=1S/C20H26N4O/c1-6-15(7-2)18-23-17(12-21)19(25-18)24-22-13-14-8-10-16(11-9-14)20(3,4)5/h8-11,13,15,24H,6-7H2,1-5H3. The second-order valence-corrected chi connectivity index (χ2v) is 7.10. The van der Waals surface area contributed by atoms with Crippen molar-refractivity contribution in [2.75, 3.05) is 5.43 Å². The van der Waals surface area contributed by atoms with E-state index in [0.717, 1.165) is 18.4 Å². The number of hydrogen-bond donors (Lipinski definition) is 1. The Morgan fingerprint density at radius 3 is 2.40 bits per heavy atom. The molecule has 0 saturated carbocycles. The third-order valence-corrected chi connectivity index (χ3v) is 4.24. The van der Waals surface area contributed by atoms with Crippen LogP contribution in [0.1, 0.15) is 76.1 Å². The summed E-state index contributed by atoms with van der Waals surface area (Å²) in [6.45, 7) is 10.7. The van der Waals surface area contributed by atoms with Crippen LogP contribution in [0.25, 0.3) is 0 Å². The Morgan fingerprint density at radius 1 is 1.24 bits per heavy atom. The molecule has 1 aromatic heterocycles. The van der Waals surface area contributed by atoms with Gasteiger partial charge < -0.3 is 4.42 Å². The molecule has 1 heterocycles. The normalized spacial score (nSPS) is 11.9. The molecule has 0 unspecified atom stereocenters. The molecule has 0 aliphatic heterocycles. The van der Waals surface area contributed by atoms with E-state index >= 15 is 0 Å². The number of rotatable bonds is 6. The van der Waals surface area contributed by atoms with E-state index in [1.165, 1.54) is 5.56 Å². The van der Waals surface area contributed by atoms with Crippen LogP contribution in [0.3, 0.4) is 0 Å². The molecule has 0 fully saturated rings. The predicted octanol–water partition coefficient (Wildman–Crippen LogP) is 5.19. The molecule has 25 heavy (non-hydrogen) atoms. The number of hydrazone groups is 1. The Labute approximate surface area is 149 Å². The lowest BCUT2D eigenvalue weighted by molar-refractivity contribution is 0.439. The third-order valence-electron chi connectivity index (χ3n) is 4.24. The topological polar surface area (TPSA) is 74.2 Å². The Bertz CT molecular complexity index is 756. The van der Waals surface area contributed by atoms with Crippen molar-refractivity contribution in [2.24, 2.45) is 5.10 Å². The van der Waals surface area contributed by atoms with Crippen molar-refractivity contribution < 1.29 is 4.42 Å². The van der Waals surface area contributed by atoms with Crippen LogP contribution in [-0.2, 0) is 5.41 Å². The highest BCUT2D eigenvalue weighted by atomic mass is 16.4. The number of nitrogens with zero attached hydrogens (tertiary/aromatic N) is 3. The van der Waals surface area contributed by atoms with Crippen molar-refractivity contribution in [2.45, 2.75) is 58.8 Å². The van der Waals surface area contributed by atoms with Gasteiger partial charge in [0.05, 0.1) is 6.21 Å². The summed E-state index contributed by atoms with van der Waals surface area (Å²) >= 11 is 0. The zero-order chi connectivity index (χ0) is 18.4. The van der Waals surface area contributed by atoms with Gasteiger partial charge in [-0.2, -0.15) is 10.4 Å². The summed E-state index contributed by atoms with van der Waals surface area (Å²) in [4.78, 5) is 4.27. The van der Waals surface area contributed by atoms with Crippen molar-refractivity contribution >= 4 is 12.1 Å². The molecule has 0 aliphatic rings. The number of anilines is 1. The monoisotopic (exact) mass is 338 g/mol. The molecule has 2 aromatic rings. The molecular formula is C20H26N4O. The molecule has 0 atom stereocenters. The first-order valence-corrected chi connectivity index (χ1v) is 8.69. The Balaban J connectivity index is 2.10. The summed E-state index contributed by atoms with van der Waals surface area (Å²) in [6.07, 6.45) is 3.54. The average molecular weight is 338 g/mol. The fourth-order valence-electron chi connectivity index (χ4n) is 2.54. The lowest BCUT2D eigenvalue weighted by Gasteiger charge is -2.18. The number of hydrogen-bond acceptors (Lipinski definition) is 5. The minimum atomic E-state index is 0.126. The maximum absolute atomic E-state index is 9.22. The first-order valence-electron chi connectivity index (χ1n) is 8.69. The third kappa shape index (κ3) is 4.69. The number of nitriles is 1. The fraction of sp³-hybridized carbons (Fsp3) is 0.450. The molecule has 5 nitrogen and oxygen atoms in total. The van der Waals surface area contributed by atoms with Crippen molar-refractivity contribution in [1.82, 2.24) is 4.98 Å². The van der Waals surface area contributed by atoms with Crippen molar-refractivity contribution in [1.29, 1.82) is 5.26 Å². The highest BCUT2D eigenvalue weighted by Crippen LogP contribution is 2.27. The number of benzene rings is 1. The van der Waals surface area contributed by atoms with Gasteiger partial charge in [0.25, 0.3) is 5.88 Å². The predicted molar refractivity (Wildman–Crippen MR) is 101 cm³/mol. The maximum atomic E-state index is 9.22. The van der Waals surface area contributed by atoms with Gasteiger partial charge in [-0.1, -0.05) is 58.9 Å². The lowest BCUT2D eigenvalue weighted by atomic mass is 9.87. The number of nitrogens with one attached hydrogen (secondary N) is 1. The van der Waals surface area contributed by atoms with E-state index in [0.29, 0.717) is 11.8 Å². The molecule has 1 N–H and O–H groups in total. The summed E-state index contributed by atoms with van der Waals surface area (Å²) < 4.78 is 5.69. The van der Waals surface area contributed by atoms with E-state index in [1.54, 1.807) is 6.21 Å². The summed E-state index contributed by atoms with van der Waals surface area (Å²) in [7, 11) is 0. The van der Waals surface area contributed by atoms with Gasteiger partial charge in [0.15, 0.2) is 0 Å². The second kappa shape index (κ2) is 7.98. The van der Waals surface area contributed by atoms with Gasteiger partial charge in [0.2, 0.25) is 11.6 Å². The van der Waals surface area contributed by atoms with Crippen molar-refractivity contribution in [3.05, 3.63) is 47.0 Å².